The van der Waals surface area contributed by atoms with Crippen LogP contribution < -0.4 is 15.5 Å². The van der Waals surface area contributed by atoms with Crippen LogP contribution in [0.2, 0.25) is 0 Å². The third-order valence-corrected chi connectivity index (χ3v) is 2.83. The highest BCUT2D eigenvalue weighted by Crippen LogP contribution is 2.41. The first-order chi connectivity index (χ1) is 10.2. The van der Waals surface area contributed by atoms with Gasteiger partial charge in [-0.2, -0.15) is 0 Å². The van der Waals surface area contributed by atoms with E-state index in [1.165, 1.54) is 4.90 Å². The van der Waals surface area contributed by atoms with Gasteiger partial charge in [-0.25, -0.2) is 9.26 Å². The Morgan fingerprint density at radius 2 is 1.76 bits per heavy atom. The van der Waals surface area contributed by atoms with Crippen molar-refractivity contribution in [1.29, 1.82) is 0 Å². The molecule has 13 nitrogen and oxygen atoms in total. The van der Waals surface area contributed by atoms with Crippen molar-refractivity contribution in [3.05, 3.63) is 5.21 Å². The summed E-state index contributed by atoms with van der Waals surface area (Å²) >= 11 is 0. The van der Waals surface area contributed by atoms with Gasteiger partial charge in [0.15, 0.2) is 0 Å². The molecule has 21 heavy (non-hydrogen) atoms. The molecule has 2 N–H and O–H groups in total. The third kappa shape index (κ3) is 1.41. The number of nitrogens with zero attached hydrogens (tertiary/aromatic N) is 7. The fourth-order valence-electron chi connectivity index (χ4n) is 2.03. The zero-order valence-electron chi connectivity index (χ0n) is 9.96. The summed E-state index contributed by atoms with van der Waals surface area (Å²) in [6, 6.07) is 0. The Morgan fingerprint density at radius 3 is 2.48 bits per heavy atom. The average Bonchev–Trinajstić information content (AvgIpc) is 3.12. The quantitative estimate of drug-likeness (QED) is 0.534. The smallest absolute Gasteiger partial charge is 0.284 e. The maximum absolute atomic E-state index is 11.7. The van der Waals surface area contributed by atoms with E-state index < -0.39 is 5.91 Å². The van der Waals surface area contributed by atoms with Crippen LogP contribution in [-0.2, 0) is 4.79 Å². The normalized spacial score (nSPS) is 12.5. The van der Waals surface area contributed by atoms with Crippen LogP contribution in [-0.4, -0.2) is 38.2 Å². The largest absolute Gasteiger partial charge is 0.368 e. The lowest BCUT2D eigenvalue weighted by molar-refractivity contribution is -0.793. The van der Waals surface area contributed by atoms with Crippen LogP contribution in [0.3, 0.4) is 0 Å². The molecule has 1 amide bonds. The summed E-state index contributed by atoms with van der Waals surface area (Å²) in [7, 11) is 0. The van der Waals surface area contributed by atoms with E-state index in [0.717, 1.165) is 0 Å². The number of hydrogen-bond acceptors (Lipinski definition) is 11. The van der Waals surface area contributed by atoms with Crippen LogP contribution in [0.15, 0.2) is 13.9 Å². The van der Waals surface area contributed by atoms with Gasteiger partial charge in [0.1, 0.15) is 6.54 Å². The maximum atomic E-state index is 11.7. The Morgan fingerprint density at radius 1 is 1.10 bits per heavy atom. The molecule has 0 radical (unpaired) electrons. The summed E-state index contributed by atoms with van der Waals surface area (Å²) in [6.07, 6.45) is 0. The molecule has 0 atom stereocenters. The molecule has 3 aromatic rings. The van der Waals surface area contributed by atoms with E-state index in [9.17, 15) is 10.0 Å². The lowest BCUT2D eigenvalue weighted by Crippen LogP contribution is -2.31. The topological polar surface area (TPSA) is 177 Å². The van der Waals surface area contributed by atoms with E-state index in [2.05, 4.69) is 39.7 Å². The molecule has 0 spiro atoms. The maximum Gasteiger partial charge on any atom is 0.284 e. The van der Waals surface area contributed by atoms with Gasteiger partial charge in [0.2, 0.25) is 28.9 Å². The number of anilines is 2. The van der Waals surface area contributed by atoms with Gasteiger partial charge in [-0.05, 0) is 25.5 Å². The SMILES string of the molecule is NC(=O)CN1c2nonc2-c2no[n+]([O-])c2-c2nonc21. The van der Waals surface area contributed by atoms with Crippen molar-refractivity contribution < 1.29 is 23.6 Å². The standard InChI is InChI=1S/C8H4N8O5/c9-2(17)1-15-7-4(10-19-13-7)3-6(16(18)21-12-3)5-8(15)14-20-11-5/h1H2,(H2,9,17). The summed E-state index contributed by atoms with van der Waals surface area (Å²) in [5.74, 6) is -0.553. The van der Waals surface area contributed by atoms with E-state index in [0.29, 0.717) is 0 Å². The zero-order chi connectivity index (χ0) is 14.6. The first-order valence-corrected chi connectivity index (χ1v) is 5.48. The van der Waals surface area contributed by atoms with Crippen LogP contribution in [0.4, 0.5) is 11.6 Å². The Kier molecular flexibility index (Phi) is 2.02. The number of fused-ring (bicyclic) bond motifs is 5. The Balaban J connectivity index is 2.05. The minimum absolute atomic E-state index is 0.0160. The monoisotopic (exact) mass is 292 g/mol. The molecule has 1 aliphatic rings. The molecular weight excluding hydrogens is 288 g/mol. The van der Waals surface area contributed by atoms with Crippen molar-refractivity contribution in [2.24, 2.45) is 5.73 Å². The molecule has 106 valence electrons. The Hall–Kier alpha value is -3.51. The molecule has 0 aliphatic carbocycles. The van der Waals surface area contributed by atoms with Crippen molar-refractivity contribution >= 4 is 17.5 Å². The molecule has 1 aliphatic heterocycles. The fraction of sp³-hybridized carbons (Fsp3) is 0.125. The summed E-state index contributed by atoms with van der Waals surface area (Å²) < 4.78 is 13.8. The van der Waals surface area contributed by atoms with Gasteiger partial charge in [0.05, 0.1) is 0 Å². The molecular formula is C8H4N8O5. The zero-order valence-corrected chi connectivity index (χ0v) is 9.96. The second-order valence-electron chi connectivity index (χ2n) is 4.05. The molecule has 3 aromatic heterocycles. The number of aromatic nitrogens is 6. The number of primary amides is 1. The number of hydrogen-bond donors (Lipinski definition) is 1. The highest BCUT2D eigenvalue weighted by atomic mass is 16.8. The van der Waals surface area contributed by atoms with Gasteiger partial charge in [-0.3, -0.25) is 14.3 Å². The highest BCUT2D eigenvalue weighted by Gasteiger charge is 2.41. The lowest BCUT2D eigenvalue weighted by atomic mass is 10.2. The van der Waals surface area contributed by atoms with E-state index in [4.69, 9.17) is 5.73 Å². The van der Waals surface area contributed by atoms with E-state index in [-0.39, 0.29) is 45.9 Å². The fourth-order valence-corrected chi connectivity index (χ4v) is 2.03. The molecule has 0 unspecified atom stereocenters. The second-order valence-corrected chi connectivity index (χ2v) is 4.05. The minimum Gasteiger partial charge on any atom is -0.368 e. The van der Waals surface area contributed by atoms with Crippen molar-refractivity contribution in [3.63, 3.8) is 0 Å². The molecule has 0 bridgehead atoms. The minimum atomic E-state index is -0.674. The van der Waals surface area contributed by atoms with Crippen molar-refractivity contribution in [2.75, 3.05) is 11.4 Å². The summed E-state index contributed by atoms with van der Waals surface area (Å²) in [5.41, 5.74) is 5.25. The Bertz CT molecular complexity index is 849. The molecule has 4 heterocycles. The first kappa shape index (κ1) is 11.3. The second kappa shape index (κ2) is 3.75. The van der Waals surface area contributed by atoms with Gasteiger partial charge < -0.3 is 10.9 Å². The first-order valence-electron chi connectivity index (χ1n) is 5.48. The Labute approximate surface area is 113 Å². The molecule has 0 fully saturated rings. The highest BCUT2D eigenvalue weighted by molar-refractivity contribution is 5.92. The van der Waals surface area contributed by atoms with Crippen LogP contribution in [0, 0.1) is 5.21 Å². The van der Waals surface area contributed by atoms with Gasteiger partial charge >= 0.3 is 0 Å². The summed E-state index contributed by atoms with van der Waals surface area (Å²) in [5, 5.41) is 29.9. The van der Waals surface area contributed by atoms with Gasteiger partial charge in [0, 0.05) is 5.16 Å². The average molecular weight is 292 g/mol. The predicted octanol–water partition coefficient (Wildman–Crippen LogP) is -1.66. The van der Waals surface area contributed by atoms with Crippen molar-refractivity contribution in [2.45, 2.75) is 0 Å². The lowest BCUT2D eigenvalue weighted by Gasteiger charge is -2.15. The van der Waals surface area contributed by atoms with Crippen LogP contribution >= 0.6 is 0 Å². The van der Waals surface area contributed by atoms with Gasteiger partial charge in [-0.1, -0.05) is 0 Å². The molecule has 13 heteroatoms. The molecule has 4 rings (SSSR count). The number of amides is 1. The van der Waals surface area contributed by atoms with Crippen LogP contribution in [0.25, 0.3) is 22.8 Å². The molecule has 0 saturated heterocycles. The number of carbonyl (C=O) groups excluding carboxylic acids is 1. The van der Waals surface area contributed by atoms with Crippen molar-refractivity contribution in [1.82, 2.24) is 25.8 Å². The molecule has 0 aromatic carbocycles. The number of rotatable bonds is 2. The van der Waals surface area contributed by atoms with E-state index in [1.54, 1.807) is 0 Å². The van der Waals surface area contributed by atoms with Crippen molar-refractivity contribution in [3.8, 4) is 22.8 Å². The van der Waals surface area contributed by atoms with Crippen LogP contribution in [0.5, 0.6) is 0 Å². The van der Waals surface area contributed by atoms with E-state index in [1.807, 2.05) is 0 Å². The number of nitrogens with two attached hydrogens (primary N) is 1. The van der Waals surface area contributed by atoms with Gasteiger partial charge in [-0.15, -0.1) is 0 Å². The molecule has 0 saturated carbocycles. The number of carbonyl (C=O) groups is 1. The van der Waals surface area contributed by atoms with E-state index >= 15 is 0 Å². The van der Waals surface area contributed by atoms with Crippen LogP contribution in [0.1, 0.15) is 0 Å². The summed E-state index contributed by atoms with van der Waals surface area (Å²) in [4.78, 5) is 12.6. The summed E-state index contributed by atoms with van der Waals surface area (Å²) in [6.45, 7) is -0.303. The van der Waals surface area contributed by atoms with Gasteiger partial charge in [0.25, 0.3) is 11.4 Å². The predicted molar refractivity (Wildman–Crippen MR) is 58.2 cm³/mol. The third-order valence-electron chi connectivity index (χ3n) is 2.83.